The molecule has 26 heavy (non-hydrogen) atoms. The summed E-state index contributed by atoms with van der Waals surface area (Å²) in [5, 5.41) is 29.9. The third-order valence-electron chi connectivity index (χ3n) is 4.11. The standard InChI is InChI=1S/C17H11F3N5.Na/c1-8-12(6-21)15(13(7-22)16(23-8)17(18,19)20)10-3-4-14-11(5-10)9(2)24-25-14;/h3-5,15H,1-2H3,(H,24,25);/q-1;+1/t15-;/m1./s1. The summed E-state index contributed by atoms with van der Waals surface area (Å²) in [4.78, 5) is 0. The summed E-state index contributed by atoms with van der Waals surface area (Å²) in [5.41, 5.74) is -0.0146. The molecular formula is C17H11F3N5Na. The molecule has 3 rings (SSSR count). The van der Waals surface area contributed by atoms with E-state index in [0.717, 1.165) is 11.1 Å². The van der Waals surface area contributed by atoms with Crippen LogP contribution in [0.3, 0.4) is 0 Å². The number of H-pyrrole nitrogens is 1. The van der Waals surface area contributed by atoms with Gasteiger partial charge in [-0.2, -0.15) is 28.8 Å². The van der Waals surface area contributed by atoms with Crippen LogP contribution in [0.25, 0.3) is 16.2 Å². The summed E-state index contributed by atoms with van der Waals surface area (Å²) < 4.78 is 39.9. The average molecular weight is 365 g/mol. The molecule has 0 unspecified atom stereocenters. The number of aromatic nitrogens is 2. The summed E-state index contributed by atoms with van der Waals surface area (Å²) in [7, 11) is 0. The number of fused-ring (bicyclic) bond motifs is 1. The van der Waals surface area contributed by atoms with Crippen molar-refractivity contribution in [3.63, 3.8) is 0 Å². The van der Waals surface area contributed by atoms with Gasteiger partial charge in [0.15, 0.2) is 0 Å². The summed E-state index contributed by atoms with van der Waals surface area (Å²) in [6.45, 7) is 3.12. The van der Waals surface area contributed by atoms with Crippen molar-refractivity contribution in [2.45, 2.75) is 25.9 Å². The Kier molecular flexibility index (Phi) is 5.52. The number of aromatic amines is 1. The van der Waals surface area contributed by atoms with E-state index in [-0.39, 0.29) is 40.8 Å². The van der Waals surface area contributed by atoms with Gasteiger partial charge in [-0.15, -0.1) is 5.70 Å². The fourth-order valence-electron chi connectivity index (χ4n) is 2.93. The summed E-state index contributed by atoms with van der Waals surface area (Å²) in [6, 6.07) is 8.39. The number of aryl methyl sites for hydroxylation is 1. The summed E-state index contributed by atoms with van der Waals surface area (Å²) in [6.07, 6.45) is -4.78. The number of halogens is 3. The van der Waals surface area contributed by atoms with Gasteiger partial charge in [0.05, 0.1) is 23.6 Å². The van der Waals surface area contributed by atoms with Crippen LogP contribution < -0.4 is 29.6 Å². The molecule has 1 aliphatic rings. The Hall–Kier alpha value is -2.26. The first kappa shape index (κ1) is 20.1. The minimum atomic E-state index is -4.78. The number of rotatable bonds is 1. The second-order valence-electron chi connectivity index (χ2n) is 5.65. The van der Waals surface area contributed by atoms with Crippen molar-refractivity contribution in [3.8, 4) is 12.1 Å². The van der Waals surface area contributed by atoms with Crippen molar-refractivity contribution in [2.75, 3.05) is 0 Å². The second kappa shape index (κ2) is 7.16. The molecule has 0 saturated heterocycles. The van der Waals surface area contributed by atoms with Gasteiger partial charge in [0.25, 0.3) is 0 Å². The Bertz CT molecular complexity index is 1020. The van der Waals surface area contributed by atoms with Crippen LogP contribution in [-0.2, 0) is 0 Å². The van der Waals surface area contributed by atoms with Crippen molar-refractivity contribution in [1.29, 1.82) is 10.5 Å². The van der Waals surface area contributed by atoms with Crippen molar-refractivity contribution in [3.05, 3.63) is 57.3 Å². The van der Waals surface area contributed by atoms with Crippen LogP contribution in [0.2, 0.25) is 0 Å². The maximum Gasteiger partial charge on any atom is 1.00 e. The molecule has 0 bridgehead atoms. The monoisotopic (exact) mass is 365 g/mol. The van der Waals surface area contributed by atoms with E-state index in [1.54, 1.807) is 31.2 Å². The van der Waals surface area contributed by atoms with Crippen molar-refractivity contribution in [1.82, 2.24) is 10.2 Å². The molecule has 126 valence electrons. The largest absolute Gasteiger partial charge is 1.00 e. The molecule has 0 fully saturated rings. The van der Waals surface area contributed by atoms with Crippen LogP contribution in [0, 0.1) is 29.6 Å². The van der Waals surface area contributed by atoms with Crippen LogP contribution in [-0.4, -0.2) is 16.4 Å². The molecule has 1 aliphatic heterocycles. The first-order chi connectivity index (χ1) is 11.8. The van der Waals surface area contributed by atoms with Crippen molar-refractivity contribution >= 4 is 10.9 Å². The Balaban J connectivity index is 0.00000243. The number of alkyl halides is 3. The Morgan fingerprint density at radius 2 is 1.81 bits per heavy atom. The van der Waals surface area contributed by atoms with Gasteiger partial charge in [0.1, 0.15) is 0 Å². The van der Waals surface area contributed by atoms with Gasteiger partial charge in [-0.05, 0) is 30.3 Å². The van der Waals surface area contributed by atoms with Crippen molar-refractivity contribution < 1.29 is 42.7 Å². The van der Waals surface area contributed by atoms with Gasteiger partial charge in [0.2, 0.25) is 0 Å². The minimum Gasteiger partial charge on any atom is -0.656 e. The predicted octanol–water partition coefficient (Wildman–Crippen LogP) is 1.48. The third kappa shape index (κ3) is 3.24. The number of hydrogen-bond donors (Lipinski definition) is 1. The van der Waals surface area contributed by atoms with Crippen molar-refractivity contribution in [2.24, 2.45) is 0 Å². The van der Waals surface area contributed by atoms with E-state index in [9.17, 15) is 23.7 Å². The second-order valence-corrected chi connectivity index (χ2v) is 5.65. The normalized spacial score (nSPS) is 17.4. The number of nitrogens with zero attached hydrogens (tertiary/aromatic N) is 4. The maximum absolute atomic E-state index is 13.3. The van der Waals surface area contributed by atoms with E-state index in [0.29, 0.717) is 11.1 Å². The molecular weight excluding hydrogens is 354 g/mol. The summed E-state index contributed by atoms with van der Waals surface area (Å²) >= 11 is 0. The van der Waals surface area contributed by atoms with Crippen LogP contribution in [0.5, 0.6) is 0 Å². The molecule has 9 heteroatoms. The van der Waals surface area contributed by atoms with Crippen LogP contribution >= 0.6 is 0 Å². The smallest absolute Gasteiger partial charge is 0.656 e. The topological polar surface area (TPSA) is 90.4 Å². The van der Waals surface area contributed by atoms with E-state index < -0.39 is 23.4 Å². The number of nitriles is 2. The molecule has 1 N–H and O–H groups in total. The molecule has 0 radical (unpaired) electrons. The fourth-order valence-corrected chi connectivity index (χ4v) is 2.93. The van der Waals surface area contributed by atoms with Gasteiger partial charge < -0.3 is 5.32 Å². The van der Waals surface area contributed by atoms with Gasteiger partial charge in [-0.25, -0.2) is 0 Å². The van der Waals surface area contributed by atoms with E-state index in [1.165, 1.54) is 6.92 Å². The van der Waals surface area contributed by atoms with Crippen LogP contribution in [0.4, 0.5) is 13.2 Å². The van der Waals surface area contributed by atoms with Gasteiger partial charge >= 0.3 is 35.7 Å². The number of nitrogens with one attached hydrogen (secondary N) is 1. The number of benzene rings is 1. The number of allylic oxidation sites excluding steroid dienone is 4. The molecule has 1 aromatic heterocycles. The van der Waals surface area contributed by atoms with E-state index in [4.69, 9.17) is 0 Å². The summed E-state index contributed by atoms with van der Waals surface area (Å²) in [5.74, 6) is -1.11. The first-order valence-electron chi connectivity index (χ1n) is 7.26. The Morgan fingerprint density at radius 3 is 2.38 bits per heavy atom. The zero-order valence-electron chi connectivity index (χ0n) is 14.2. The van der Waals surface area contributed by atoms with Gasteiger partial charge in [-0.3, -0.25) is 5.10 Å². The first-order valence-corrected chi connectivity index (χ1v) is 7.26. The predicted molar refractivity (Wildman–Crippen MR) is 83.9 cm³/mol. The minimum absolute atomic E-state index is 0. The molecule has 2 aromatic rings. The average Bonchev–Trinajstić information content (AvgIpc) is 2.93. The van der Waals surface area contributed by atoms with Gasteiger partial charge in [0, 0.05) is 22.2 Å². The SMILES string of the molecule is CC1=C(C#N)[C@@H](c2ccc3n[nH]c(C)c3c2)C(C#N)=C(C(F)(F)F)[N-]1.[Na+]. The van der Waals surface area contributed by atoms with E-state index in [2.05, 4.69) is 15.5 Å². The van der Waals surface area contributed by atoms with E-state index >= 15 is 0 Å². The Labute approximate surface area is 169 Å². The van der Waals surface area contributed by atoms with E-state index in [1.807, 2.05) is 6.07 Å². The maximum atomic E-state index is 13.3. The quantitative estimate of drug-likeness (QED) is 0.777. The molecule has 2 heterocycles. The molecule has 0 aliphatic carbocycles. The van der Waals surface area contributed by atoms with Crippen LogP contribution in [0.15, 0.2) is 40.7 Å². The fraction of sp³-hybridized carbons (Fsp3) is 0.235. The third-order valence-corrected chi connectivity index (χ3v) is 4.11. The molecule has 1 aromatic carbocycles. The number of hydrogen-bond acceptors (Lipinski definition) is 3. The molecule has 0 saturated carbocycles. The van der Waals surface area contributed by atoms with Gasteiger partial charge in [-0.1, -0.05) is 13.0 Å². The van der Waals surface area contributed by atoms with Crippen LogP contribution in [0.1, 0.15) is 24.1 Å². The molecule has 0 spiro atoms. The molecule has 1 atom stereocenters. The molecule has 5 nitrogen and oxygen atoms in total. The zero-order chi connectivity index (χ0) is 18.4. The molecule has 0 amide bonds. The Morgan fingerprint density at radius 1 is 1.15 bits per heavy atom. The zero-order valence-corrected chi connectivity index (χ0v) is 16.2.